The van der Waals surface area contributed by atoms with Crippen LogP contribution in [0.1, 0.15) is 25.7 Å². The molecule has 0 atom stereocenters. The van der Waals surface area contributed by atoms with Crippen molar-refractivity contribution in [2.24, 2.45) is 5.92 Å². The molecule has 1 aliphatic heterocycles. The second-order valence-corrected chi connectivity index (χ2v) is 3.73. The van der Waals surface area contributed by atoms with Crippen molar-refractivity contribution in [3.05, 3.63) is 0 Å². The molecule has 2 rings (SSSR count). The van der Waals surface area contributed by atoms with E-state index < -0.39 is 0 Å². The number of ether oxygens (including phenoxy) is 1. The molecule has 3 heteroatoms. The second kappa shape index (κ2) is 5.05. The number of hydrogen-bond donors (Lipinski definition) is 1. The number of nitrogens with one attached hydrogen (secondary N) is 1. The fourth-order valence-corrected chi connectivity index (χ4v) is 1.52. The molecule has 0 aromatic rings. The molecule has 1 saturated heterocycles. The van der Waals surface area contributed by atoms with Crippen LogP contribution in [0.5, 0.6) is 0 Å². The van der Waals surface area contributed by atoms with E-state index in [4.69, 9.17) is 4.74 Å². The minimum Gasteiger partial charge on any atom is -0.378 e. The molecule has 0 aromatic heterocycles. The van der Waals surface area contributed by atoms with Crippen LogP contribution in [0, 0.1) is 5.92 Å². The third-order valence-electron chi connectivity index (χ3n) is 2.55. The highest BCUT2D eigenvalue weighted by Crippen LogP contribution is 2.29. The van der Waals surface area contributed by atoms with Crippen molar-refractivity contribution in [2.75, 3.05) is 19.7 Å². The Kier molecular flexibility index (Phi) is 4.33. The molecule has 0 amide bonds. The fraction of sp³-hybridized carbons (Fsp3) is 1.00. The van der Waals surface area contributed by atoms with Crippen molar-refractivity contribution in [3.63, 3.8) is 0 Å². The lowest BCUT2D eigenvalue weighted by atomic mass is 10.1. The Hall–Kier alpha value is 0.210. The summed E-state index contributed by atoms with van der Waals surface area (Å²) >= 11 is 0. The van der Waals surface area contributed by atoms with Gasteiger partial charge in [-0.15, -0.1) is 12.4 Å². The van der Waals surface area contributed by atoms with Gasteiger partial charge in [0.1, 0.15) is 0 Å². The first-order valence-corrected chi connectivity index (χ1v) is 4.77. The van der Waals surface area contributed by atoms with Gasteiger partial charge in [0.05, 0.1) is 6.10 Å². The first-order valence-electron chi connectivity index (χ1n) is 4.77. The summed E-state index contributed by atoms with van der Waals surface area (Å²) in [6, 6.07) is 0. The van der Waals surface area contributed by atoms with Gasteiger partial charge in [0.25, 0.3) is 0 Å². The zero-order valence-electron chi connectivity index (χ0n) is 7.42. The summed E-state index contributed by atoms with van der Waals surface area (Å²) in [4.78, 5) is 0. The quantitative estimate of drug-likeness (QED) is 0.732. The zero-order valence-corrected chi connectivity index (χ0v) is 8.24. The Morgan fingerprint density at radius 1 is 1.08 bits per heavy atom. The first kappa shape index (κ1) is 10.3. The Morgan fingerprint density at radius 2 is 1.75 bits per heavy atom. The SMILES string of the molecule is C1CC(OCC2CC2)CCN1.Cl. The minimum atomic E-state index is 0. The molecule has 0 radical (unpaired) electrons. The van der Waals surface area contributed by atoms with Gasteiger partial charge in [-0.05, 0) is 44.7 Å². The van der Waals surface area contributed by atoms with Crippen LogP contribution in [-0.4, -0.2) is 25.8 Å². The van der Waals surface area contributed by atoms with Crippen LogP contribution in [0.2, 0.25) is 0 Å². The summed E-state index contributed by atoms with van der Waals surface area (Å²) in [5, 5.41) is 3.34. The summed E-state index contributed by atoms with van der Waals surface area (Å²) in [6.45, 7) is 3.33. The lowest BCUT2D eigenvalue weighted by Crippen LogP contribution is -2.32. The predicted octanol–water partition coefficient (Wildman–Crippen LogP) is 1.59. The smallest absolute Gasteiger partial charge is 0.0599 e. The van der Waals surface area contributed by atoms with Gasteiger partial charge in [-0.1, -0.05) is 0 Å². The van der Waals surface area contributed by atoms with E-state index >= 15 is 0 Å². The summed E-state index contributed by atoms with van der Waals surface area (Å²) in [5.74, 6) is 0.921. The van der Waals surface area contributed by atoms with E-state index in [9.17, 15) is 0 Å². The maximum Gasteiger partial charge on any atom is 0.0599 e. The van der Waals surface area contributed by atoms with E-state index in [-0.39, 0.29) is 12.4 Å². The van der Waals surface area contributed by atoms with Crippen molar-refractivity contribution in [2.45, 2.75) is 31.8 Å². The first-order chi connectivity index (χ1) is 5.45. The summed E-state index contributed by atoms with van der Waals surface area (Å²) in [7, 11) is 0. The summed E-state index contributed by atoms with van der Waals surface area (Å²) < 4.78 is 5.77. The predicted molar refractivity (Wildman–Crippen MR) is 51.8 cm³/mol. The zero-order chi connectivity index (χ0) is 7.52. The van der Waals surface area contributed by atoms with Crippen LogP contribution in [0.25, 0.3) is 0 Å². The van der Waals surface area contributed by atoms with E-state index in [0.717, 1.165) is 25.6 Å². The minimum absolute atomic E-state index is 0. The summed E-state index contributed by atoms with van der Waals surface area (Å²) in [6.07, 6.45) is 5.81. The lowest BCUT2D eigenvalue weighted by Gasteiger charge is -2.22. The van der Waals surface area contributed by atoms with E-state index in [0.29, 0.717) is 6.10 Å². The molecular weight excluding hydrogens is 174 g/mol. The molecule has 0 spiro atoms. The molecule has 1 N–H and O–H groups in total. The van der Waals surface area contributed by atoms with Gasteiger partial charge < -0.3 is 10.1 Å². The molecule has 12 heavy (non-hydrogen) atoms. The van der Waals surface area contributed by atoms with E-state index in [1.54, 1.807) is 0 Å². The van der Waals surface area contributed by atoms with Crippen LogP contribution in [0.4, 0.5) is 0 Å². The molecule has 2 aliphatic rings. The number of rotatable bonds is 3. The number of halogens is 1. The maximum atomic E-state index is 5.77. The van der Waals surface area contributed by atoms with E-state index in [2.05, 4.69) is 5.32 Å². The monoisotopic (exact) mass is 191 g/mol. The molecule has 2 nitrogen and oxygen atoms in total. The van der Waals surface area contributed by atoms with Crippen LogP contribution >= 0.6 is 12.4 Å². The van der Waals surface area contributed by atoms with Gasteiger partial charge in [0, 0.05) is 6.61 Å². The molecule has 0 unspecified atom stereocenters. The highest BCUT2D eigenvalue weighted by molar-refractivity contribution is 5.85. The van der Waals surface area contributed by atoms with Gasteiger partial charge in [0.15, 0.2) is 0 Å². The standard InChI is InChI=1S/C9H17NO.ClH/c1-2-8(1)7-11-9-3-5-10-6-4-9;/h8-10H,1-7H2;1H. The lowest BCUT2D eigenvalue weighted by molar-refractivity contribution is 0.0266. The van der Waals surface area contributed by atoms with Gasteiger partial charge in [-0.25, -0.2) is 0 Å². The molecule has 0 bridgehead atoms. The van der Waals surface area contributed by atoms with Crippen molar-refractivity contribution in [1.29, 1.82) is 0 Å². The van der Waals surface area contributed by atoms with Gasteiger partial charge in [-0.3, -0.25) is 0 Å². The molecule has 0 aromatic carbocycles. The van der Waals surface area contributed by atoms with Gasteiger partial charge in [-0.2, -0.15) is 0 Å². The van der Waals surface area contributed by atoms with E-state index in [1.165, 1.54) is 25.7 Å². The fourth-order valence-electron chi connectivity index (χ4n) is 1.52. The van der Waals surface area contributed by atoms with Crippen LogP contribution in [0.15, 0.2) is 0 Å². The van der Waals surface area contributed by atoms with Crippen molar-refractivity contribution < 1.29 is 4.74 Å². The van der Waals surface area contributed by atoms with Crippen LogP contribution < -0.4 is 5.32 Å². The summed E-state index contributed by atoms with van der Waals surface area (Å²) in [5.41, 5.74) is 0. The topological polar surface area (TPSA) is 21.3 Å². The largest absolute Gasteiger partial charge is 0.378 e. The Balaban J connectivity index is 0.000000720. The highest BCUT2D eigenvalue weighted by atomic mass is 35.5. The number of hydrogen-bond acceptors (Lipinski definition) is 2. The van der Waals surface area contributed by atoms with Crippen molar-refractivity contribution in [1.82, 2.24) is 5.32 Å². The average molecular weight is 192 g/mol. The third kappa shape index (κ3) is 3.30. The molecule has 1 saturated carbocycles. The highest BCUT2D eigenvalue weighted by Gasteiger charge is 2.23. The van der Waals surface area contributed by atoms with Crippen molar-refractivity contribution >= 4 is 12.4 Å². The normalized spacial score (nSPS) is 25.0. The van der Waals surface area contributed by atoms with Crippen molar-refractivity contribution in [3.8, 4) is 0 Å². The average Bonchev–Trinajstić information content (AvgIpc) is 2.86. The Morgan fingerprint density at radius 3 is 2.33 bits per heavy atom. The molecular formula is C9H18ClNO. The maximum absolute atomic E-state index is 5.77. The second-order valence-electron chi connectivity index (χ2n) is 3.73. The van der Waals surface area contributed by atoms with Gasteiger partial charge in [0.2, 0.25) is 0 Å². The van der Waals surface area contributed by atoms with E-state index in [1.807, 2.05) is 0 Å². The van der Waals surface area contributed by atoms with Gasteiger partial charge >= 0.3 is 0 Å². The Bertz CT molecular complexity index is 122. The molecule has 1 heterocycles. The molecule has 72 valence electrons. The molecule has 2 fully saturated rings. The third-order valence-corrected chi connectivity index (χ3v) is 2.55. The van der Waals surface area contributed by atoms with Crippen LogP contribution in [-0.2, 0) is 4.74 Å². The van der Waals surface area contributed by atoms with Crippen LogP contribution in [0.3, 0.4) is 0 Å². The number of piperidine rings is 1. The Labute approximate surface area is 80.5 Å². The molecule has 1 aliphatic carbocycles.